The van der Waals surface area contributed by atoms with Crippen molar-refractivity contribution in [3.05, 3.63) is 107 Å². The number of hydrogen-bond donors (Lipinski definition) is 0. The second-order valence-corrected chi connectivity index (χ2v) is 13.7. The van der Waals surface area contributed by atoms with E-state index < -0.39 is 9.84 Å². The molecular weight excluding hydrogens is 564 g/mol. The molecule has 0 N–H and O–H groups in total. The Morgan fingerprint density at radius 3 is 1.62 bits per heavy atom. The molecule has 1 aromatic heterocycles. The van der Waals surface area contributed by atoms with Crippen LogP contribution in [0.4, 0.5) is 0 Å². The fourth-order valence-corrected chi connectivity index (χ4v) is 6.00. The van der Waals surface area contributed by atoms with E-state index in [0.29, 0.717) is 35.4 Å². The summed E-state index contributed by atoms with van der Waals surface area (Å²) in [4.78, 5) is 0.183. The van der Waals surface area contributed by atoms with Crippen molar-refractivity contribution in [3.8, 4) is 23.1 Å². The number of hydrogen-bond acceptors (Lipinski definition) is 3. The highest BCUT2D eigenvalue weighted by Crippen LogP contribution is 2.36. The van der Waals surface area contributed by atoms with Gasteiger partial charge in [-0.2, -0.15) is 9.13 Å². The molecule has 4 aromatic rings. The molecule has 0 radical (unpaired) electrons. The van der Waals surface area contributed by atoms with Gasteiger partial charge >= 0.3 is 6.01 Å². The maximum absolute atomic E-state index is 12.3. The Balaban J connectivity index is 0.00000484. The predicted octanol–water partition coefficient (Wildman–Crippen LogP) is 5.96. The van der Waals surface area contributed by atoms with Crippen molar-refractivity contribution in [2.45, 2.75) is 84.0 Å². The summed E-state index contributed by atoms with van der Waals surface area (Å²) in [5.41, 5.74) is 7.17. The first-order valence-corrected chi connectivity index (χ1v) is 16.0. The van der Waals surface area contributed by atoms with E-state index in [1.54, 1.807) is 24.3 Å². The minimum Gasteiger partial charge on any atom is -1.00 e. The lowest BCUT2D eigenvalue weighted by Crippen LogP contribution is -3.00. The molecule has 3 aromatic carbocycles. The molecule has 224 valence electrons. The largest absolute Gasteiger partial charge is 1.00 e. The van der Waals surface area contributed by atoms with Crippen molar-refractivity contribution >= 4 is 9.84 Å². The van der Waals surface area contributed by atoms with E-state index in [1.165, 1.54) is 22.3 Å². The molecule has 0 aliphatic rings. The Labute approximate surface area is 258 Å². The number of benzene rings is 3. The number of imidazole rings is 1. The van der Waals surface area contributed by atoms with Crippen molar-refractivity contribution in [3.63, 3.8) is 0 Å². The Morgan fingerprint density at radius 1 is 0.738 bits per heavy atom. The van der Waals surface area contributed by atoms with Crippen molar-refractivity contribution in [1.29, 1.82) is 0 Å². The topological polar surface area (TPSA) is 52.2 Å². The van der Waals surface area contributed by atoms with Gasteiger partial charge in [0.2, 0.25) is 0 Å². The van der Waals surface area contributed by atoms with Crippen LogP contribution in [0, 0.1) is 0 Å². The molecule has 0 atom stereocenters. The van der Waals surface area contributed by atoms with Crippen LogP contribution in [0.25, 0.3) is 11.4 Å². The number of nitrogens with zero attached hydrogens (tertiary/aromatic N) is 2. The molecule has 0 aliphatic heterocycles. The molecule has 42 heavy (non-hydrogen) atoms. The number of aromatic nitrogens is 2. The van der Waals surface area contributed by atoms with Gasteiger partial charge < -0.3 is 17.1 Å². The molecule has 7 heteroatoms. The maximum Gasteiger partial charge on any atom is 0.472 e. The van der Waals surface area contributed by atoms with Crippen LogP contribution in [0.5, 0.6) is 11.8 Å². The molecule has 0 aliphatic carbocycles. The zero-order chi connectivity index (χ0) is 30.1. The molecule has 0 amide bonds. The standard InChI is InChI=1S/C35H43N2O3S.ClH/c1-10-41(38,39)28-19-17-27(18-20-28)40-35-36(33-29(23(2)3)13-11-14-30(33)24(4)5)21-22-37(35)34-31(25(6)7)15-12-16-32(34)26(8)9;/h10-26H,1H2,2-9H3;1H/q+1;/p-1. The maximum atomic E-state index is 12.3. The average Bonchev–Trinajstić information content (AvgIpc) is 3.34. The fourth-order valence-electron chi connectivity index (χ4n) is 5.29. The number of rotatable bonds is 10. The number of sulfone groups is 1. The molecule has 4 rings (SSSR count). The first-order chi connectivity index (χ1) is 19.4. The van der Waals surface area contributed by atoms with Gasteiger partial charge in [-0.1, -0.05) is 98.4 Å². The molecule has 0 bridgehead atoms. The minimum absolute atomic E-state index is 0. The van der Waals surface area contributed by atoms with Crippen LogP contribution in [0.2, 0.25) is 0 Å². The van der Waals surface area contributed by atoms with Crippen LogP contribution in [0.1, 0.15) is 101 Å². The van der Waals surface area contributed by atoms with E-state index in [9.17, 15) is 8.42 Å². The first kappa shape index (κ1) is 33.2. The molecule has 0 saturated carbocycles. The predicted molar refractivity (Wildman–Crippen MR) is 168 cm³/mol. The van der Waals surface area contributed by atoms with Crippen LogP contribution in [0.3, 0.4) is 0 Å². The van der Waals surface area contributed by atoms with Crippen LogP contribution in [-0.2, 0) is 9.84 Å². The van der Waals surface area contributed by atoms with Gasteiger partial charge in [0.05, 0.1) is 4.90 Å². The van der Waals surface area contributed by atoms with Crippen LogP contribution in [-0.4, -0.2) is 13.0 Å². The summed E-state index contributed by atoms with van der Waals surface area (Å²) in [6.07, 6.45) is 4.17. The van der Waals surface area contributed by atoms with Crippen molar-refractivity contribution in [2.75, 3.05) is 0 Å². The van der Waals surface area contributed by atoms with Gasteiger partial charge in [0, 0.05) is 27.7 Å². The summed E-state index contributed by atoms with van der Waals surface area (Å²) in [5.74, 6) is 1.73. The summed E-state index contributed by atoms with van der Waals surface area (Å²) in [7, 11) is -3.54. The molecular formula is C35H43ClN2O3S. The third-order valence-electron chi connectivity index (χ3n) is 7.52. The summed E-state index contributed by atoms with van der Waals surface area (Å²) >= 11 is 0. The van der Waals surface area contributed by atoms with Gasteiger partial charge in [0.25, 0.3) is 0 Å². The summed E-state index contributed by atoms with van der Waals surface area (Å²) < 4.78 is 35.7. The second kappa shape index (κ2) is 13.3. The molecule has 0 fully saturated rings. The quantitative estimate of drug-likeness (QED) is 0.209. The van der Waals surface area contributed by atoms with E-state index in [4.69, 9.17) is 4.74 Å². The monoisotopic (exact) mass is 606 g/mol. The summed E-state index contributed by atoms with van der Waals surface area (Å²) in [6.45, 7) is 21.2. The molecule has 0 spiro atoms. The van der Waals surface area contributed by atoms with E-state index in [1.807, 2.05) is 0 Å². The zero-order valence-corrected chi connectivity index (χ0v) is 27.5. The molecule has 1 heterocycles. The zero-order valence-electron chi connectivity index (χ0n) is 25.9. The van der Waals surface area contributed by atoms with Gasteiger partial charge in [-0.25, -0.2) is 8.42 Å². The lowest BCUT2D eigenvalue weighted by atomic mass is 9.92. The van der Waals surface area contributed by atoms with Gasteiger partial charge in [0.15, 0.2) is 9.84 Å². The van der Waals surface area contributed by atoms with Crippen LogP contribution in [0.15, 0.2) is 89.9 Å². The fraction of sp³-hybridized carbons (Fsp3) is 0.343. The third kappa shape index (κ3) is 6.50. The first-order valence-electron chi connectivity index (χ1n) is 14.4. The van der Waals surface area contributed by atoms with Crippen LogP contribution < -0.4 is 21.7 Å². The van der Waals surface area contributed by atoms with Gasteiger partial charge in [-0.3, -0.25) is 0 Å². The van der Waals surface area contributed by atoms with Crippen molar-refractivity contribution in [2.24, 2.45) is 0 Å². The third-order valence-corrected chi connectivity index (χ3v) is 8.89. The number of para-hydroxylation sites is 2. The van der Waals surface area contributed by atoms with Gasteiger partial charge in [0.1, 0.15) is 29.5 Å². The lowest BCUT2D eigenvalue weighted by Gasteiger charge is -2.19. The summed E-state index contributed by atoms with van der Waals surface area (Å²) in [5, 5.41) is 0.967. The lowest BCUT2D eigenvalue weighted by molar-refractivity contribution is -0.602. The molecule has 0 saturated heterocycles. The van der Waals surface area contributed by atoms with Gasteiger partial charge in [-0.05, 0) is 47.9 Å². The normalized spacial score (nSPS) is 11.8. The summed E-state index contributed by atoms with van der Waals surface area (Å²) in [6, 6.07) is 20.2. The SMILES string of the molecule is C=CS(=O)(=O)c1ccc(Oc2n(-c3c(C(C)C)cccc3C(C)C)cc[n+]2-c2c(C(C)C)cccc2C(C)C)cc1.[Cl-]. The van der Waals surface area contributed by atoms with Gasteiger partial charge in [-0.15, -0.1) is 0 Å². The van der Waals surface area contributed by atoms with Crippen molar-refractivity contribution < 1.29 is 30.1 Å². The highest BCUT2D eigenvalue weighted by molar-refractivity contribution is 7.94. The Bertz CT molecular complexity index is 1520. The van der Waals surface area contributed by atoms with E-state index >= 15 is 0 Å². The molecule has 5 nitrogen and oxygen atoms in total. The number of halogens is 1. The Hall–Kier alpha value is -3.35. The smallest absolute Gasteiger partial charge is 0.472 e. The van der Waals surface area contributed by atoms with E-state index in [0.717, 1.165) is 16.8 Å². The Kier molecular flexibility index (Phi) is 10.5. The molecule has 0 unspecified atom stereocenters. The van der Waals surface area contributed by atoms with Crippen LogP contribution >= 0.6 is 0 Å². The highest BCUT2D eigenvalue weighted by atomic mass is 35.5. The highest BCUT2D eigenvalue weighted by Gasteiger charge is 2.31. The number of ether oxygens (including phenoxy) is 1. The minimum atomic E-state index is -3.54. The average molecular weight is 607 g/mol. The Morgan fingerprint density at radius 2 is 1.19 bits per heavy atom. The van der Waals surface area contributed by atoms with E-state index in [2.05, 4.69) is 120 Å². The second-order valence-electron chi connectivity index (χ2n) is 11.8. The van der Waals surface area contributed by atoms with E-state index in [-0.39, 0.29) is 17.3 Å². The van der Waals surface area contributed by atoms with Crippen molar-refractivity contribution in [1.82, 2.24) is 4.57 Å².